The first-order valence-electron chi connectivity index (χ1n) is 10.2. The van der Waals surface area contributed by atoms with Gasteiger partial charge in [0.2, 0.25) is 5.91 Å². The predicted molar refractivity (Wildman–Crippen MR) is 131 cm³/mol. The summed E-state index contributed by atoms with van der Waals surface area (Å²) < 4.78 is 0.526. The lowest BCUT2D eigenvalue weighted by Crippen LogP contribution is -2.25. The molecule has 8 nitrogen and oxygen atoms in total. The molecule has 0 unspecified atom stereocenters. The third-order valence-corrected chi connectivity index (χ3v) is 7.36. The molecule has 33 heavy (non-hydrogen) atoms. The third kappa shape index (κ3) is 5.59. The van der Waals surface area contributed by atoms with Crippen LogP contribution in [0.3, 0.4) is 0 Å². The van der Waals surface area contributed by atoms with Crippen molar-refractivity contribution in [2.75, 3.05) is 24.2 Å². The number of anilines is 2. The molecule has 0 fully saturated rings. The number of aromatic nitrogens is 1. The van der Waals surface area contributed by atoms with Crippen molar-refractivity contribution in [3.05, 3.63) is 60.7 Å². The van der Waals surface area contributed by atoms with Crippen LogP contribution >= 0.6 is 34.3 Å². The highest BCUT2D eigenvalue weighted by Crippen LogP contribution is 2.30. The van der Waals surface area contributed by atoms with E-state index in [-0.39, 0.29) is 24.3 Å². The number of halogens is 1. The fourth-order valence-electron chi connectivity index (χ4n) is 3.48. The zero-order valence-electron chi connectivity index (χ0n) is 18.0. The van der Waals surface area contributed by atoms with E-state index in [0.717, 1.165) is 30.1 Å². The number of carbonyl (C=O) groups excluding carboxylic acids is 3. The zero-order valence-corrected chi connectivity index (χ0v) is 20.4. The number of likely N-dealkylation sites (N-methyl/N-ethyl adjacent to an activating group) is 1. The Morgan fingerprint density at radius 2 is 1.94 bits per heavy atom. The monoisotopic (exact) mass is 503 g/mol. The van der Waals surface area contributed by atoms with Gasteiger partial charge in [0, 0.05) is 37.9 Å². The molecular weight excluding hydrogens is 482 g/mol. The molecule has 1 aliphatic rings. The standard InChI is InChI=1S/C22H22ClN5O3S2/c1-12(29)25-15-5-3-4-13(10-24-20(30)16-6-7-18(23)32-16)19(15)27-21(31)22-26-14-8-9-28(2)11-17(14)33-22/h3-7H,8-11H2,1-2H3,(H,24,30)(H,25,29)(H,27,31). The lowest BCUT2D eigenvalue weighted by molar-refractivity contribution is -0.114. The minimum atomic E-state index is -0.354. The van der Waals surface area contributed by atoms with Crippen LogP contribution in [0.5, 0.6) is 0 Å². The normalized spacial score (nSPS) is 13.3. The Hall–Kier alpha value is -2.79. The number of fused-ring (bicyclic) bond motifs is 1. The Bertz CT molecular complexity index is 1220. The molecule has 0 bridgehead atoms. The van der Waals surface area contributed by atoms with E-state index in [4.69, 9.17) is 11.6 Å². The van der Waals surface area contributed by atoms with Crippen molar-refractivity contribution in [2.45, 2.75) is 26.4 Å². The largest absolute Gasteiger partial charge is 0.347 e. The number of nitrogens with one attached hydrogen (secondary N) is 3. The Morgan fingerprint density at radius 3 is 2.67 bits per heavy atom. The maximum absolute atomic E-state index is 13.1. The maximum atomic E-state index is 13.1. The van der Waals surface area contributed by atoms with Gasteiger partial charge in [-0.3, -0.25) is 14.4 Å². The van der Waals surface area contributed by atoms with Gasteiger partial charge in [-0.05, 0) is 30.8 Å². The Labute approximate surface area is 204 Å². The van der Waals surface area contributed by atoms with E-state index in [2.05, 4.69) is 25.8 Å². The van der Waals surface area contributed by atoms with Crippen molar-refractivity contribution in [1.82, 2.24) is 15.2 Å². The minimum absolute atomic E-state index is 0.149. The number of thiophene rings is 1. The van der Waals surface area contributed by atoms with Gasteiger partial charge in [0.1, 0.15) is 0 Å². The van der Waals surface area contributed by atoms with Gasteiger partial charge in [0.25, 0.3) is 11.8 Å². The van der Waals surface area contributed by atoms with Gasteiger partial charge in [-0.15, -0.1) is 22.7 Å². The Kier molecular flexibility index (Phi) is 7.08. The van der Waals surface area contributed by atoms with Gasteiger partial charge in [-0.2, -0.15) is 0 Å². The molecule has 0 aliphatic carbocycles. The second kappa shape index (κ2) is 10.0. The first-order valence-corrected chi connectivity index (χ1v) is 12.2. The quantitative estimate of drug-likeness (QED) is 0.472. The summed E-state index contributed by atoms with van der Waals surface area (Å²) >= 11 is 8.48. The first-order chi connectivity index (χ1) is 15.8. The molecule has 2 aromatic heterocycles. The number of amides is 3. The molecule has 3 aromatic rings. The zero-order chi connectivity index (χ0) is 23.5. The van der Waals surface area contributed by atoms with Gasteiger partial charge < -0.3 is 20.9 Å². The molecule has 4 rings (SSSR count). The number of hydrogen-bond acceptors (Lipinski definition) is 7. The fraction of sp³-hybridized carbons (Fsp3) is 0.273. The molecule has 3 amide bonds. The SMILES string of the molecule is CC(=O)Nc1cccc(CNC(=O)c2ccc(Cl)s2)c1NC(=O)c1nc2c(s1)CN(C)CC2. The van der Waals surface area contributed by atoms with Crippen molar-refractivity contribution in [2.24, 2.45) is 0 Å². The highest BCUT2D eigenvalue weighted by molar-refractivity contribution is 7.18. The van der Waals surface area contributed by atoms with Crippen molar-refractivity contribution in [3.8, 4) is 0 Å². The molecule has 0 saturated heterocycles. The summed E-state index contributed by atoms with van der Waals surface area (Å²) in [5, 5.41) is 8.85. The van der Waals surface area contributed by atoms with Gasteiger partial charge in [-0.1, -0.05) is 23.7 Å². The first kappa shape index (κ1) is 23.4. The van der Waals surface area contributed by atoms with E-state index in [9.17, 15) is 14.4 Å². The molecule has 172 valence electrons. The summed E-state index contributed by atoms with van der Waals surface area (Å²) in [4.78, 5) is 45.6. The second-order valence-electron chi connectivity index (χ2n) is 7.64. The lowest BCUT2D eigenvalue weighted by atomic mass is 10.1. The van der Waals surface area contributed by atoms with E-state index in [1.165, 1.54) is 29.6 Å². The highest BCUT2D eigenvalue weighted by Gasteiger charge is 2.23. The van der Waals surface area contributed by atoms with Gasteiger partial charge >= 0.3 is 0 Å². The Morgan fingerprint density at radius 1 is 1.12 bits per heavy atom. The van der Waals surface area contributed by atoms with Crippen molar-refractivity contribution in [3.63, 3.8) is 0 Å². The minimum Gasteiger partial charge on any atom is -0.347 e. The third-order valence-electron chi connectivity index (χ3n) is 5.05. The van der Waals surface area contributed by atoms with Crippen LogP contribution in [-0.4, -0.2) is 41.2 Å². The summed E-state index contributed by atoms with van der Waals surface area (Å²) in [6, 6.07) is 8.55. The molecule has 1 aromatic carbocycles. The van der Waals surface area contributed by atoms with Crippen LogP contribution in [0.4, 0.5) is 11.4 Å². The number of thiazole rings is 1. The van der Waals surface area contributed by atoms with Gasteiger partial charge in [0.15, 0.2) is 5.01 Å². The summed E-state index contributed by atoms with van der Waals surface area (Å²) in [5.74, 6) is -0.897. The van der Waals surface area contributed by atoms with Crippen LogP contribution in [0.1, 0.15) is 42.5 Å². The van der Waals surface area contributed by atoms with Gasteiger partial charge in [-0.25, -0.2) is 4.98 Å². The fourth-order valence-corrected chi connectivity index (χ4v) is 5.52. The van der Waals surface area contributed by atoms with Crippen molar-refractivity contribution < 1.29 is 14.4 Å². The van der Waals surface area contributed by atoms with Crippen LogP contribution in [-0.2, 0) is 24.3 Å². The van der Waals surface area contributed by atoms with Crippen molar-refractivity contribution >= 4 is 63.4 Å². The maximum Gasteiger partial charge on any atom is 0.284 e. The smallest absolute Gasteiger partial charge is 0.284 e. The number of rotatable bonds is 6. The Balaban J connectivity index is 1.56. The molecule has 3 heterocycles. The lowest BCUT2D eigenvalue weighted by Gasteiger charge is -2.20. The molecule has 0 atom stereocenters. The molecule has 0 spiro atoms. The van der Waals surface area contributed by atoms with E-state index < -0.39 is 0 Å². The van der Waals surface area contributed by atoms with E-state index in [0.29, 0.717) is 31.2 Å². The van der Waals surface area contributed by atoms with E-state index in [1.807, 2.05) is 7.05 Å². The molecule has 3 N–H and O–H groups in total. The molecule has 0 saturated carbocycles. The predicted octanol–water partition coefficient (Wildman–Crippen LogP) is 3.99. The number of nitrogens with zero attached hydrogens (tertiary/aromatic N) is 2. The van der Waals surface area contributed by atoms with Crippen LogP contribution in [0.25, 0.3) is 0 Å². The molecular formula is C22H22ClN5O3S2. The topological polar surface area (TPSA) is 103 Å². The van der Waals surface area contributed by atoms with Crippen molar-refractivity contribution in [1.29, 1.82) is 0 Å². The summed E-state index contributed by atoms with van der Waals surface area (Å²) in [6.45, 7) is 3.22. The second-order valence-corrected chi connectivity index (χ2v) is 10.4. The van der Waals surface area contributed by atoms with Gasteiger partial charge in [0.05, 0.1) is 26.3 Å². The molecule has 11 heteroatoms. The van der Waals surface area contributed by atoms with E-state index >= 15 is 0 Å². The number of para-hydroxylation sites is 1. The van der Waals surface area contributed by atoms with E-state index in [1.54, 1.807) is 30.3 Å². The van der Waals surface area contributed by atoms with Crippen LogP contribution < -0.4 is 16.0 Å². The summed E-state index contributed by atoms with van der Waals surface area (Å²) in [6.07, 6.45) is 0.808. The number of carbonyl (C=O) groups is 3. The summed E-state index contributed by atoms with van der Waals surface area (Å²) in [7, 11) is 2.04. The number of hydrogen-bond donors (Lipinski definition) is 3. The average molecular weight is 504 g/mol. The average Bonchev–Trinajstić information content (AvgIpc) is 3.39. The van der Waals surface area contributed by atoms with Crippen LogP contribution in [0.15, 0.2) is 30.3 Å². The molecule has 1 aliphatic heterocycles. The van der Waals surface area contributed by atoms with Crippen LogP contribution in [0.2, 0.25) is 4.34 Å². The van der Waals surface area contributed by atoms with Crippen LogP contribution in [0, 0.1) is 0 Å². The summed E-state index contributed by atoms with van der Waals surface area (Å²) in [5.41, 5.74) is 2.47. The molecule has 0 radical (unpaired) electrons. The highest BCUT2D eigenvalue weighted by atomic mass is 35.5. The number of benzene rings is 1.